The van der Waals surface area contributed by atoms with Crippen LogP contribution in [0.5, 0.6) is 5.75 Å². The first kappa shape index (κ1) is 31.5. The van der Waals surface area contributed by atoms with Crippen LogP contribution in [-0.2, 0) is 32.3 Å². The lowest BCUT2D eigenvalue weighted by molar-refractivity contribution is -0.139. The number of carbonyl (C=O) groups is 2. The summed E-state index contributed by atoms with van der Waals surface area (Å²) in [6, 6.07) is 7.98. The highest BCUT2D eigenvalue weighted by Crippen LogP contribution is 2.36. The van der Waals surface area contributed by atoms with E-state index in [-0.39, 0.29) is 17.6 Å². The summed E-state index contributed by atoms with van der Waals surface area (Å²) in [5.41, 5.74) is -1.01. The zero-order valence-corrected chi connectivity index (χ0v) is 24.1. The van der Waals surface area contributed by atoms with Crippen LogP contribution in [-0.4, -0.2) is 57.1 Å². The molecule has 220 valence electrons. The molecule has 13 heteroatoms. The van der Waals surface area contributed by atoms with Gasteiger partial charge in [0.2, 0.25) is 21.8 Å². The third-order valence-corrected chi connectivity index (χ3v) is 8.27. The van der Waals surface area contributed by atoms with E-state index in [1.165, 1.54) is 18.9 Å². The number of rotatable bonds is 10. The summed E-state index contributed by atoms with van der Waals surface area (Å²) in [6.45, 7) is 0.576. The van der Waals surface area contributed by atoms with Crippen molar-refractivity contribution in [2.75, 3.05) is 24.2 Å². The Kier molecular flexibility index (Phi) is 10.3. The SMILES string of the molecule is COc1cccc(CN(C(=O)CN(c2cc(C(F)(F)F)ccc2Cl)S(C)(=O)=O)[C@H](C)C(=O)NC2CCCCC2)c1. The second kappa shape index (κ2) is 13.1. The predicted molar refractivity (Wildman–Crippen MR) is 147 cm³/mol. The summed E-state index contributed by atoms with van der Waals surface area (Å²) >= 11 is 6.12. The molecule has 1 fully saturated rings. The number of carbonyl (C=O) groups excluding carboxylic acids is 2. The fourth-order valence-corrected chi connectivity index (χ4v) is 5.72. The van der Waals surface area contributed by atoms with Gasteiger partial charge in [-0.3, -0.25) is 13.9 Å². The van der Waals surface area contributed by atoms with Gasteiger partial charge in [-0.1, -0.05) is 43.0 Å². The minimum Gasteiger partial charge on any atom is -0.497 e. The summed E-state index contributed by atoms with van der Waals surface area (Å²) in [4.78, 5) is 28.1. The van der Waals surface area contributed by atoms with Crippen molar-refractivity contribution in [2.45, 2.75) is 63.8 Å². The van der Waals surface area contributed by atoms with Crippen LogP contribution in [0.25, 0.3) is 0 Å². The van der Waals surface area contributed by atoms with Crippen molar-refractivity contribution < 1.29 is 35.9 Å². The topological polar surface area (TPSA) is 96.0 Å². The maximum atomic E-state index is 13.7. The Bertz CT molecular complexity index is 1320. The van der Waals surface area contributed by atoms with Gasteiger partial charge in [-0.2, -0.15) is 13.2 Å². The molecule has 1 N–H and O–H groups in total. The molecule has 0 bridgehead atoms. The Morgan fingerprint density at radius 1 is 1.12 bits per heavy atom. The molecule has 1 atom stereocenters. The summed E-state index contributed by atoms with van der Waals surface area (Å²) in [7, 11) is -2.79. The van der Waals surface area contributed by atoms with Gasteiger partial charge in [0.25, 0.3) is 0 Å². The molecule has 2 aromatic carbocycles. The molecule has 0 aliphatic heterocycles. The number of benzene rings is 2. The Morgan fingerprint density at radius 3 is 2.40 bits per heavy atom. The molecule has 2 amide bonds. The van der Waals surface area contributed by atoms with E-state index in [9.17, 15) is 31.2 Å². The minimum atomic E-state index is -4.77. The zero-order chi connectivity index (χ0) is 29.7. The molecular weight excluding hydrogens is 571 g/mol. The molecule has 0 unspecified atom stereocenters. The third kappa shape index (κ3) is 8.26. The van der Waals surface area contributed by atoms with Gasteiger partial charge in [-0.25, -0.2) is 8.42 Å². The Balaban J connectivity index is 1.96. The number of amides is 2. The Labute approximate surface area is 237 Å². The van der Waals surface area contributed by atoms with E-state index in [0.29, 0.717) is 21.7 Å². The molecule has 0 radical (unpaired) electrons. The molecule has 40 heavy (non-hydrogen) atoms. The molecule has 8 nitrogen and oxygen atoms in total. The molecule has 1 aliphatic rings. The van der Waals surface area contributed by atoms with Crippen LogP contribution in [0.15, 0.2) is 42.5 Å². The number of ether oxygens (including phenoxy) is 1. The van der Waals surface area contributed by atoms with E-state index in [4.69, 9.17) is 16.3 Å². The number of methoxy groups -OCH3 is 1. The lowest BCUT2D eigenvalue weighted by Gasteiger charge is -2.33. The summed E-state index contributed by atoms with van der Waals surface area (Å²) in [5, 5.41) is 2.69. The number of hydrogen-bond donors (Lipinski definition) is 1. The van der Waals surface area contributed by atoms with Gasteiger partial charge in [0.1, 0.15) is 18.3 Å². The van der Waals surface area contributed by atoms with Crippen LogP contribution in [0.3, 0.4) is 0 Å². The monoisotopic (exact) mass is 603 g/mol. The largest absolute Gasteiger partial charge is 0.497 e. The number of nitrogens with one attached hydrogen (secondary N) is 1. The summed E-state index contributed by atoms with van der Waals surface area (Å²) in [6.07, 6.45) is 0.678. The second-order valence-electron chi connectivity index (χ2n) is 9.83. The average Bonchev–Trinajstić information content (AvgIpc) is 2.89. The first-order chi connectivity index (χ1) is 18.7. The third-order valence-electron chi connectivity index (χ3n) is 6.83. The molecule has 0 saturated heterocycles. The molecular formula is C27H33ClF3N3O5S. The number of halogens is 4. The molecule has 1 saturated carbocycles. The van der Waals surface area contributed by atoms with E-state index in [0.717, 1.165) is 50.5 Å². The molecule has 1 aliphatic carbocycles. The Morgan fingerprint density at radius 2 is 1.80 bits per heavy atom. The quantitative estimate of drug-likeness (QED) is 0.412. The molecule has 0 spiro atoms. The maximum Gasteiger partial charge on any atom is 0.416 e. The number of sulfonamides is 1. The van der Waals surface area contributed by atoms with Gasteiger partial charge in [0.15, 0.2) is 0 Å². The van der Waals surface area contributed by atoms with Crippen LogP contribution in [0.1, 0.15) is 50.2 Å². The van der Waals surface area contributed by atoms with Crippen LogP contribution >= 0.6 is 11.6 Å². The van der Waals surface area contributed by atoms with Crippen molar-refractivity contribution in [2.24, 2.45) is 0 Å². The smallest absolute Gasteiger partial charge is 0.416 e. The lowest BCUT2D eigenvalue weighted by atomic mass is 9.95. The maximum absolute atomic E-state index is 13.7. The van der Waals surface area contributed by atoms with Crippen molar-refractivity contribution in [3.8, 4) is 5.75 Å². The van der Waals surface area contributed by atoms with Crippen LogP contribution < -0.4 is 14.4 Å². The van der Waals surface area contributed by atoms with Crippen molar-refractivity contribution >= 4 is 39.1 Å². The normalized spacial score (nSPS) is 15.3. The van der Waals surface area contributed by atoms with Crippen molar-refractivity contribution in [3.05, 3.63) is 58.6 Å². The predicted octanol–water partition coefficient (Wildman–Crippen LogP) is 5.00. The first-order valence-corrected chi connectivity index (χ1v) is 15.0. The van der Waals surface area contributed by atoms with E-state index < -0.39 is 51.9 Å². The van der Waals surface area contributed by atoms with Gasteiger partial charge in [0.05, 0.1) is 29.6 Å². The molecule has 0 heterocycles. The van der Waals surface area contributed by atoms with E-state index >= 15 is 0 Å². The molecule has 0 aromatic heterocycles. The Hall–Kier alpha value is -2.99. The highest BCUT2D eigenvalue weighted by atomic mass is 35.5. The first-order valence-electron chi connectivity index (χ1n) is 12.8. The second-order valence-corrected chi connectivity index (χ2v) is 12.1. The van der Waals surface area contributed by atoms with Gasteiger partial charge in [-0.15, -0.1) is 0 Å². The van der Waals surface area contributed by atoms with Crippen molar-refractivity contribution in [1.29, 1.82) is 0 Å². The van der Waals surface area contributed by atoms with Gasteiger partial charge < -0.3 is 15.0 Å². The summed E-state index contributed by atoms with van der Waals surface area (Å²) in [5.74, 6) is -0.697. The van der Waals surface area contributed by atoms with E-state index in [1.807, 2.05) is 0 Å². The van der Waals surface area contributed by atoms with Crippen molar-refractivity contribution in [3.63, 3.8) is 0 Å². The fraction of sp³-hybridized carbons (Fsp3) is 0.481. The number of hydrogen-bond acceptors (Lipinski definition) is 5. The highest BCUT2D eigenvalue weighted by molar-refractivity contribution is 7.92. The van der Waals surface area contributed by atoms with Crippen LogP contribution in [0.4, 0.5) is 18.9 Å². The number of alkyl halides is 3. The lowest BCUT2D eigenvalue weighted by Crippen LogP contribution is -2.53. The van der Waals surface area contributed by atoms with Crippen LogP contribution in [0, 0.1) is 0 Å². The molecule has 2 aromatic rings. The fourth-order valence-electron chi connectivity index (χ4n) is 4.59. The van der Waals surface area contributed by atoms with E-state index in [1.54, 1.807) is 24.3 Å². The standard InChI is InChI=1S/C27H33ClF3N3O5S/c1-18(26(36)32-21-9-5-4-6-10-21)33(16-19-8-7-11-22(14-19)39-2)25(35)17-34(40(3,37)38)24-15-20(27(29,30)31)12-13-23(24)28/h7-8,11-15,18,21H,4-6,9-10,16-17H2,1-3H3,(H,32,36)/t18-/m1/s1. The van der Waals surface area contributed by atoms with Gasteiger partial charge in [0, 0.05) is 12.6 Å². The highest BCUT2D eigenvalue weighted by Gasteiger charge is 2.35. The van der Waals surface area contributed by atoms with Gasteiger partial charge in [-0.05, 0) is 55.7 Å². The average molecular weight is 604 g/mol. The zero-order valence-electron chi connectivity index (χ0n) is 22.5. The number of nitrogens with zero attached hydrogens (tertiary/aromatic N) is 2. The van der Waals surface area contributed by atoms with Gasteiger partial charge >= 0.3 is 6.18 Å². The minimum absolute atomic E-state index is 0.0334. The molecule has 3 rings (SSSR count). The number of anilines is 1. The summed E-state index contributed by atoms with van der Waals surface area (Å²) < 4.78 is 71.4. The van der Waals surface area contributed by atoms with Crippen LogP contribution in [0.2, 0.25) is 5.02 Å². The van der Waals surface area contributed by atoms with Crippen molar-refractivity contribution in [1.82, 2.24) is 10.2 Å². The van der Waals surface area contributed by atoms with E-state index in [2.05, 4.69) is 5.32 Å².